The van der Waals surface area contributed by atoms with Crippen molar-refractivity contribution in [3.8, 4) is 6.07 Å². The van der Waals surface area contributed by atoms with Crippen LogP contribution in [-0.4, -0.2) is 32.1 Å². The van der Waals surface area contributed by atoms with Gasteiger partial charge in [-0.05, 0) is 23.3 Å². The molecule has 0 unspecified atom stereocenters. The molecule has 6 heteroatoms. The van der Waals surface area contributed by atoms with E-state index >= 15 is 0 Å². The highest BCUT2D eigenvalue weighted by Crippen LogP contribution is 2.17. The minimum absolute atomic E-state index is 0.245. The highest BCUT2D eigenvalue weighted by molar-refractivity contribution is 5.87. The zero-order valence-corrected chi connectivity index (χ0v) is 14.6. The highest BCUT2D eigenvalue weighted by Gasteiger charge is 2.27. The Morgan fingerprint density at radius 1 is 1.08 bits per heavy atom. The van der Waals surface area contributed by atoms with Crippen LogP contribution in [0.25, 0.3) is 0 Å². The molecule has 0 aliphatic rings. The quantitative estimate of drug-likeness (QED) is 0.771. The van der Waals surface area contributed by atoms with Crippen molar-refractivity contribution in [1.82, 2.24) is 5.32 Å². The van der Waals surface area contributed by atoms with Gasteiger partial charge in [0.15, 0.2) is 6.10 Å². The second-order valence-corrected chi connectivity index (χ2v) is 5.62. The molecule has 0 spiro atoms. The number of nitriles is 1. The van der Waals surface area contributed by atoms with Crippen LogP contribution in [0.15, 0.2) is 54.6 Å². The number of hydrogen-bond donors (Lipinski definition) is 1. The maximum absolute atomic E-state index is 12.6. The first-order chi connectivity index (χ1) is 12.6. The fourth-order valence-electron chi connectivity index (χ4n) is 2.56. The molecule has 0 bridgehead atoms. The van der Waals surface area contributed by atoms with E-state index in [9.17, 15) is 9.59 Å². The number of nitrogens with zero attached hydrogens (tertiary/aromatic N) is 1. The first-order valence-corrected chi connectivity index (χ1v) is 8.04. The van der Waals surface area contributed by atoms with Crippen molar-refractivity contribution in [3.63, 3.8) is 0 Å². The molecule has 0 fully saturated rings. The molecule has 0 aliphatic heterocycles. The standard InChI is InChI=1S/C20H20N2O4/c1-25-18(16-6-4-3-5-7-16)19(23)22-17(20(24)26-2)12-14-8-10-15(13-21)11-9-14/h3-11,17-18H,12H2,1-2H3,(H,22,23)/t17-,18+/m1/s1. The van der Waals surface area contributed by atoms with E-state index in [1.54, 1.807) is 36.4 Å². The van der Waals surface area contributed by atoms with Gasteiger partial charge in [0.2, 0.25) is 0 Å². The maximum atomic E-state index is 12.6. The zero-order chi connectivity index (χ0) is 18.9. The number of esters is 1. The Morgan fingerprint density at radius 2 is 1.73 bits per heavy atom. The number of carbonyl (C=O) groups is 2. The molecule has 134 valence electrons. The average molecular weight is 352 g/mol. The van der Waals surface area contributed by atoms with Crippen molar-refractivity contribution >= 4 is 11.9 Å². The van der Waals surface area contributed by atoms with Gasteiger partial charge in [0.1, 0.15) is 6.04 Å². The number of methoxy groups -OCH3 is 2. The molecule has 1 amide bonds. The lowest BCUT2D eigenvalue weighted by Gasteiger charge is -2.21. The molecule has 0 aromatic heterocycles. The summed E-state index contributed by atoms with van der Waals surface area (Å²) in [6.07, 6.45) is -0.584. The topological polar surface area (TPSA) is 88.4 Å². The van der Waals surface area contributed by atoms with Gasteiger partial charge in [-0.2, -0.15) is 5.26 Å². The van der Waals surface area contributed by atoms with Crippen LogP contribution in [0.1, 0.15) is 22.8 Å². The number of amides is 1. The predicted molar refractivity (Wildman–Crippen MR) is 95.0 cm³/mol. The second-order valence-electron chi connectivity index (χ2n) is 5.62. The largest absolute Gasteiger partial charge is 0.467 e. The monoisotopic (exact) mass is 352 g/mol. The van der Waals surface area contributed by atoms with E-state index in [4.69, 9.17) is 14.7 Å². The molecule has 2 aromatic rings. The summed E-state index contributed by atoms with van der Waals surface area (Å²) in [6.45, 7) is 0. The van der Waals surface area contributed by atoms with Crippen LogP contribution in [0.2, 0.25) is 0 Å². The fraction of sp³-hybridized carbons (Fsp3) is 0.250. The third kappa shape index (κ3) is 4.91. The Morgan fingerprint density at radius 3 is 2.27 bits per heavy atom. The smallest absolute Gasteiger partial charge is 0.328 e. The maximum Gasteiger partial charge on any atom is 0.328 e. The van der Waals surface area contributed by atoms with E-state index in [-0.39, 0.29) is 6.42 Å². The fourth-order valence-corrected chi connectivity index (χ4v) is 2.56. The molecular weight excluding hydrogens is 332 g/mol. The summed E-state index contributed by atoms with van der Waals surface area (Å²) in [5.41, 5.74) is 2.01. The molecule has 0 radical (unpaired) electrons. The van der Waals surface area contributed by atoms with Gasteiger partial charge in [0.25, 0.3) is 5.91 Å². The summed E-state index contributed by atoms with van der Waals surface area (Å²) in [5, 5.41) is 11.5. The SMILES string of the molecule is COC(=O)[C@@H](Cc1ccc(C#N)cc1)NC(=O)[C@@H](OC)c1ccccc1. The summed E-state index contributed by atoms with van der Waals surface area (Å²) in [4.78, 5) is 24.7. The molecule has 2 rings (SSSR count). The number of benzene rings is 2. The van der Waals surface area contributed by atoms with Gasteiger partial charge in [-0.1, -0.05) is 42.5 Å². The molecule has 2 aromatic carbocycles. The van der Waals surface area contributed by atoms with Crippen LogP contribution in [0, 0.1) is 11.3 Å². The van der Waals surface area contributed by atoms with E-state index in [1.165, 1.54) is 14.2 Å². The Kier molecular flexibility index (Phi) is 6.89. The van der Waals surface area contributed by atoms with Crippen LogP contribution in [-0.2, 0) is 25.5 Å². The number of carbonyl (C=O) groups excluding carboxylic acids is 2. The number of hydrogen-bond acceptors (Lipinski definition) is 5. The lowest BCUT2D eigenvalue weighted by molar-refractivity contribution is -0.146. The zero-order valence-electron chi connectivity index (χ0n) is 14.6. The van der Waals surface area contributed by atoms with Crippen LogP contribution in [0.5, 0.6) is 0 Å². The van der Waals surface area contributed by atoms with Gasteiger partial charge >= 0.3 is 5.97 Å². The van der Waals surface area contributed by atoms with Crippen molar-refractivity contribution in [1.29, 1.82) is 5.26 Å². The summed E-state index contributed by atoms with van der Waals surface area (Å²) in [7, 11) is 2.70. The third-order valence-corrected chi connectivity index (χ3v) is 3.90. The van der Waals surface area contributed by atoms with Crippen molar-refractivity contribution in [2.75, 3.05) is 14.2 Å². The van der Waals surface area contributed by atoms with Crippen molar-refractivity contribution in [3.05, 3.63) is 71.3 Å². The number of rotatable bonds is 7. The lowest BCUT2D eigenvalue weighted by atomic mass is 10.0. The van der Waals surface area contributed by atoms with Gasteiger partial charge in [0.05, 0.1) is 18.7 Å². The third-order valence-electron chi connectivity index (χ3n) is 3.90. The van der Waals surface area contributed by atoms with E-state index < -0.39 is 24.0 Å². The Hall–Kier alpha value is -3.17. The summed E-state index contributed by atoms with van der Waals surface area (Å²) in [5.74, 6) is -0.978. The normalized spacial score (nSPS) is 12.5. The van der Waals surface area contributed by atoms with E-state index in [1.807, 2.05) is 24.3 Å². The highest BCUT2D eigenvalue weighted by atomic mass is 16.5. The lowest BCUT2D eigenvalue weighted by Crippen LogP contribution is -2.45. The van der Waals surface area contributed by atoms with Gasteiger partial charge in [-0.3, -0.25) is 4.79 Å². The average Bonchev–Trinajstić information content (AvgIpc) is 2.68. The Labute approximate surface area is 152 Å². The van der Waals surface area contributed by atoms with Crippen LogP contribution < -0.4 is 5.32 Å². The molecule has 0 saturated carbocycles. The van der Waals surface area contributed by atoms with Crippen LogP contribution >= 0.6 is 0 Å². The molecule has 6 nitrogen and oxygen atoms in total. The summed E-state index contributed by atoms with van der Waals surface area (Å²) in [6, 6.07) is 17.0. The Balaban J connectivity index is 2.14. The summed E-state index contributed by atoms with van der Waals surface area (Å²) < 4.78 is 10.1. The van der Waals surface area contributed by atoms with Crippen LogP contribution in [0.3, 0.4) is 0 Å². The number of nitrogens with one attached hydrogen (secondary N) is 1. The minimum atomic E-state index is -0.859. The molecular formula is C20H20N2O4. The Bertz CT molecular complexity index is 782. The molecule has 2 atom stereocenters. The molecule has 0 aliphatic carbocycles. The van der Waals surface area contributed by atoms with Crippen LogP contribution in [0.4, 0.5) is 0 Å². The molecule has 26 heavy (non-hydrogen) atoms. The van der Waals surface area contributed by atoms with Gasteiger partial charge < -0.3 is 14.8 Å². The van der Waals surface area contributed by atoms with Crippen molar-refractivity contribution < 1.29 is 19.1 Å². The van der Waals surface area contributed by atoms with Gasteiger partial charge in [-0.25, -0.2) is 4.79 Å². The van der Waals surface area contributed by atoms with E-state index in [0.29, 0.717) is 11.1 Å². The molecule has 0 saturated heterocycles. The predicted octanol–water partition coefficient (Wildman–Crippen LogP) is 2.15. The van der Waals surface area contributed by atoms with Gasteiger partial charge in [-0.15, -0.1) is 0 Å². The minimum Gasteiger partial charge on any atom is -0.467 e. The molecule has 0 heterocycles. The van der Waals surface area contributed by atoms with Gasteiger partial charge in [0, 0.05) is 13.5 Å². The first-order valence-electron chi connectivity index (χ1n) is 8.04. The first kappa shape index (κ1) is 19.2. The van der Waals surface area contributed by atoms with E-state index in [0.717, 1.165) is 5.56 Å². The summed E-state index contributed by atoms with van der Waals surface area (Å²) >= 11 is 0. The second kappa shape index (κ2) is 9.35. The van der Waals surface area contributed by atoms with Crippen molar-refractivity contribution in [2.45, 2.75) is 18.6 Å². The number of ether oxygens (including phenoxy) is 2. The van der Waals surface area contributed by atoms with Crippen molar-refractivity contribution in [2.24, 2.45) is 0 Å². The molecule has 1 N–H and O–H groups in total. The van der Waals surface area contributed by atoms with E-state index in [2.05, 4.69) is 5.32 Å².